The van der Waals surface area contributed by atoms with Crippen molar-refractivity contribution in [1.29, 1.82) is 0 Å². The molecule has 0 aliphatic carbocycles. The highest BCUT2D eigenvalue weighted by molar-refractivity contribution is 7.89. The summed E-state index contributed by atoms with van der Waals surface area (Å²) in [5, 5.41) is 7.90. The molecule has 8 nitrogen and oxygen atoms in total. The zero-order valence-electron chi connectivity index (χ0n) is 13.0. The van der Waals surface area contributed by atoms with Gasteiger partial charge in [0.15, 0.2) is 0 Å². The third-order valence-corrected chi connectivity index (χ3v) is 4.94. The number of ether oxygens (including phenoxy) is 1. The van der Waals surface area contributed by atoms with Crippen molar-refractivity contribution in [3.05, 3.63) is 53.6 Å². The van der Waals surface area contributed by atoms with Crippen LogP contribution in [0.3, 0.4) is 0 Å². The van der Waals surface area contributed by atoms with E-state index in [4.69, 9.17) is 20.8 Å². The molecule has 0 aliphatic heterocycles. The topological polar surface area (TPSA) is 107 Å². The molecule has 0 bridgehead atoms. The molecule has 130 valence electrons. The van der Waals surface area contributed by atoms with E-state index in [1.807, 2.05) is 0 Å². The van der Waals surface area contributed by atoms with Crippen molar-refractivity contribution < 1.29 is 17.6 Å². The van der Waals surface area contributed by atoms with Gasteiger partial charge in [-0.15, -0.1) is 10.2 Å². The fourth-order valence-corrected chi connectivity index (χ4v) is 3.31. The Kier molecular flexibility index (Phi) is 4.98. The van der Waals surface area contributed by atoms with Gasteiger partial charge in [0, 0.05) is 18.0 Å². The van der Waals surface area contributed by atoms with Gasteiger partial charge in [0.1, 0.15) is 5.75 Å². The lowest BCUT2D eigenvalue weighted by Gasteiger charge is -2.07. The Hall–Kier alpha value is -2.49. The third kappa shape index (κ3) is 3.95. The lowest BCUT2D eigenvalue weighted by Crippen LogP contribution is -2.23. The van der Waals surface area contributed by atoms with E-state index < -0.39 is 10.0 Å². The predicted octanol–water partition coefficient (Wildman–Crippen LogP) is 2.27. The second kappa shape index (κ2) is 7.18. The molecule has 0 saturated heterocycles. The van der Waals surface area contributed by atoms with Gasteiger partial charge in [0.2, 0.25) is 21.8 Å². The number of benzene rings is 1. The minimum atomic E-state index is -3.79. The van der Waals surface area contributed by atoms with Gasteiger partial charge in [0.25, 0.3) is 0 Å². The van der Waals surface area contributed by atoms with Gasteiger partial charge in [-0.2, -0.15) is 0 Å². The van der Waals surface area contributed by atoms with Crippen LogP contribution in [0.2, 0.25) is 5.02 Å². The normalized spacial score (nSPS) is 11.4. The zero-order valence-corrected chi connectivity index (χ0v) is 14.6. The number of rotatable bonds is 6. The largest absolute Gasteiger partial charge is 0.495 e. The van der Waals surface area contributed by atoms with Crippen LogP contribution in [0, 0.1) is 0 Å². The maximum atomic E-state index is 12.3. The number of hydrogen-bond donors (Lipinski definition) is 1. The quantitative estimate of drug-likeness (QED) is 0.698. The number of sulfonamides is 1. The molecule has 0 radical (unpaired) electrons. The number of aromatic nitrogens is 3. The molecule has 0 aliphatic rings. The molecule has 0 saturated carbocycles. The first-order chi connectivity index (χ1) is 12.0. The number of nitrogens with zero attached hydrogens (tertiary/aromatic N) is 3. The van der Waals surface area contributed by atoms with Gasteiger partial charge in [-0.05, 0) is 30.3 Å². The minimum absolute atomic E-state index is 0.00664. The van der Waals surface area contributed by atoms with Crippen molar-refractivity contribution in [1.82, 2.24) is 19.9 Å². The highest BCUT2D eigenvalue weighted by Crippen LogP contribution is 2.27. The lowest BCUT2D eigenvalue weighted by molar-refractivity contribution is 0.414. The molecular weight excluding hydrogens is 368 g/mol. The Morgan fingerprint density at radius 3 is 2.64 bits per heavy atom. The van der Waals surface area contributed by atoms with Gasteiger partial charge in [-0.1, -0.05) is 11.6 Å². The fraction of sp³-hybridized carbons (Fsp3) is 0.133. The smallest absolute Gasteiger partial charge is 0.247 e. The van der Waals surface area contributed by atoms with E-state index in [1.165, 1.54) is 25.3 Å². The van der Waals surface area contributed by atoms with Gasteiger partial charge >= 0.3 is 0 Å². The Morgan fingerprint density at radius 1 is 1.20 bits per heavy atom. The molecule has 10 heteroatoms. The Bertz CT molecular complexity index is 976. The van der Waals surface area contributed by atoms with Crippen molar-refractivity contribution in [3.8, 4) is 17.2 Å². The highest BCUT2D eigenvalue weighted by Gasteiger charge is 2.18. The van der Waals surface area contributed by atoms with E-state index in [1.54, 1.807) is 24.5 Å². The zero-order chi connectivity index (χ0) is 17.9. The van der Waals surface area contributed by atoms with Crippen molar-refractivity contribution in [2.75, 3.05) is 7.11 Å². The second-order valence-electron chi connectivity index (χ2n) is 4.86. The first-order valence-electron chi connectivity index (χ1n) is 7.05. The molecule has 0 spiro atoms. The average Bonchev–Trinajstić information content (AvgIpc) is 3.10. The van der Waals surface area contributed by atoms with Gasteiger partial charge in [-0.25, -0.2) is 13.1 Å². The van der Waals surface area contributed by atoms with Crippen molar-refractivity contribution in [2.45, 2.75) is 11.4 Å². The van der Waals surface area contributed by atoms with Crippen LogP contribution in [0.5, 0.6) is 5.75 Å². The standard InChI is InChI=1S/C15H13ClN4O4S/c1-23-13-3-2-11(8-12(13)16)25(21,22)18-9-14-19-20-15(24-14)10-4-6-17-7-5-10/h2-8,18H,9H2,1H3. The molecule has 1 N–H and O–H groups in total. The van der Waals surface area contributed by atoms with Gasteiger partial charge < -0.3 is 9.15 Å². The molecule has 2 aromatic heterocycles. The van der Waals surface area contributed by atoms with Crippen LogP contribution in [0.15, 0.2) is 52.0 Å². The second-order valence-corrected chi connectivity index (χ2v) is 7.03. The SMILES string of the molecule is COc1ccc(S(=O)(=O)NCc2nnc(-c3ccncc3)o2)cc1Cl. The monoisotopic (exact) mass is 380 g/mol. The molecule has 3 rings (SSSR count). The summed E-state index contributed by atoms with van der Waals surface area (Å²) >= 11 is 5.96. The van der Waals surface area contributed by atoms with Gasteiger partial charge in [-0.3, -0.25) is 4.98 Å². The Labute approximate surface area is 148 Å². The van der Waals surface area contributed by atoms with Crippen LogP contribution in [0.4, 0.5) is 0 Å². The van der Waals surface area contributed by atoms with E-state index in [0.717, 1.165) is 0 Å². The summed E-state index contributed by atoms with van der Waals surface area (Å²) in [5.41, 5.74) is 0.693. The van der Waals surface area contributed by atoms with Gasteiger partial charge in [0.05, 0.1) is 23.6 Å². The van der Waals surface area contributed by atoms with Crippen LogP contribution in [0.1, 0.15) is 5.89 Å². The molecule has 2 heterocycles. The highest BCUT2D eigenvalue weighted by atomic mass is 35.5. The number of hydrogen-bond acceptors (Lipinski definition) is 7. The summed E-state index contributed by atoms with van der Waals surface area (Å²) in [6.07, 6.45) is 3.19. The van der Waals surface area contributed by atoms with E-state index >= 15 is 0 Å². The fourth-order valence-electron chi connectivity index (χ4n) is 1.99. The third-order valence-electron chi connectivity index (χ3n) is 3.24. The summed E-state index contributed by atoms with van der Waals surface area (Å²) in [6, 6.07) is 7.59. The van der Waals surface area contributed by atoms with E-state index in [0.29, 0.717) is 11.3 Å². The molecule has 0 atom stereocenters. The molecule has 0 fully saturated rings. The maximum absolute atomic E-state index is 12.3. The first kappa shape index (κ1) is 17.3. The minimum Gasteiger partial charge on any atom is -0.495 e. The van der Waals surface area contributed by atoms with Crippen molar-refractivity contribution in [3.63, 3.8) is 0 Å². The maximum Gasteiger partial charge on any atom is 0.247 e. The number of nitrogens with one attached hydrogen (secondary N) is 1. The molecular formula is C15H13ClN4O4S. The summed E-state index contributed by atoms with van der Waals surface area (Å²) in [5.74, 6) is 0.804. The summed E-state index contributed by atoms with van der Waals surface area (Å²) in [4.78, 5) is 3.90. The molecule has 0 amide bonds. The molecule has 25 heavy (non-hydrogen) atoms. The first-order valence-corrected chi connectivity index (χ1v) is 8.92. The summed E-state index contributed by atoms with van der Waals surface area (Å²) in [7, 11) is -2.34. The van der Waals surface area contributed by atoms with Crippen LogP contribution in [0.25, 0.3) is 11.5 Å². The van der Waals surface area contributed by atoms with Crippen LogP contribution in [-0.2, 0) is 16.6 Å². The molecule has 0 unspecified atom stereocenters. The van der Waals surface area contributed by atoms with Crippen LogP contribution >= 0.6 is 11.6 Å². The summed E-state index contributed by atoms with van der Waals surface area (Å²) in [6.45, 7) is -0.149. The van der Waals surface area contributed by atoms with E-state index in [9.17, 15) is 8.42 Å². The van der Waals surface area contributed by atoms with Crippen LogP contribution in [-0.4, -0.2) is 30.7 Å². The van der Waals surface area contributed by atoms with Crippen molar-refractivity contribution in [2.24, 2.45) is 0 Å². The predicted molar refractivity (Wildman–Crippen MR) is 89.6 cm³/mol. The van der Waals surface area contributed by atoms with E-state index in [-0.39, 0.29) is 28.2 Å². The Morgan fingerprint density at radius 2 is 1.96 bits per heavy atom. The number of pyridine rings is 1. The lowest BCUT2D eigenvalue weighted by atomic mass is 10.3. The Balaban J connectivity index is 1.72. The summed E-state index contributed by atoms with van der Waals surface area (Å²) < 4.78 is 37.5. The number of methoxy groups -OCH3 is 1. The van der Waals surface area contributed by atoms with Crippen molar-refractivity contribution >= 4 is 21.6 Å². The van der Waals surface area contributed by atoms with Crippen LogP contribution < -0.4 is 9.46 Å². The average molecular weight is 381 g/mol. The number of halogens is 1. The molecule has 1 aromatic carbocycles. The van der Waals surface area contributed by atoms with E-state index in [2.05, 4.69) is 19.9 Å². The molecule has 3 aromatic rings.